The van der Waals surface area contributed by atoms with E-state index in [-0.39, 0.29) is 5.92 Å². The number of H-pyrrole nitrogens is 1. The van der Waals surface area contributed by atoms with Gasteiger partial charge in [0.1, 0.15) is 11.6 Å². The van der Waals surface area contributed by atoms with Gasteiger partial charge in [0.2, 0.25) is 0 Å². The summed E-state index contributed by atoms with van der Waals surface area (Å²) in [5.41, 5.74) is 5.79. The van der Waals surface area contributed by atoms with Crippen molar-refractivity contribution in [2.75, 3.05) is 23.7 Å². The lowest BCUT2D eigenvalue weighted by molar-refractivity contribution is -0.137. The van der Waals surface area contributed by atoms with Gasteiger partial charge in [0.25, 0.3) is 0 Å². The summed E-state index contributed by atoms with van der Waals surface area (Å²) < 4.78 is 37.5. The van der Waals surface area contributed by atoms with Gasteiger partial charge in [-0.15, -0.1) is 0 Å². The van der Waals surface area contributed by atoms with Crippen molar-refractivity contribution in [1.29, 1.82) is 0 Å². The van der Waals surface area contributed by atoms with Gasteiger partial charge in [-0.3, -0.25) is 5.10 Å². The maximum Gasteiger partial charge on any atom is 0.417 e. The molecule has 1 aliphatic heterocycles. The Kier molecular flexibility index (Phi) is 3.23. The highest BCUT2D eigenvalue weighted by Crippen LogP contribution is 2.32. The van der Waals surface area contributed by atoms with Crippen molar-refractivity contribution in [3.8, 4) is 0 Å². The minimum atomic E-state index is -4.35. The molecule has 3 heterocycles. The molecule has 1 fully saturated rings. The molecule has 0 radical (unpaired) electrons. The number of nitrogens with two attached hydrogens (primary N) is 1. The molecule has 3 rings (SSSR count). The first kappa shape index (κ1) is 13.7. The van der Waals surface area contributed by atoms with Gasteiger partial charge in [-0.2, -0.15) is 18.3 Å². The second kappa shape index (κ2) is 4.94. The van der Waals surface area contributed by atoms with E-state index in [1.807, 2.05) is 4.90 Å². The lowest BCUT2D eigenvalue weighted by atomic mass is 10.1. The minimum Gasteiger partial charge on any atom is -0.382 e. The van der Waals surface area contributed by atoms with E-state index in [0.29, 0.717) is 18.2 Å². The number of halogens is 3. The highest BCUT2D eigenvalue weighted by Gasteiger charge is 2.31. The van der Waals surface area contributed by atoms with E-state index in [1.165, 1.54) is 6.07 Å². The largest absolute Gasteiger partial charge is 0.417 e. The standard InChI is InChI=1S/C13H14F3N5/c14-13(15,16)9-1-2-12(18-6-9)21-4-3-8(7-21)10-5-11(17)20-19-10/h1-2,5-6,8H,3-4,7H2,(H3,17,19,20). The zero-order valence-corrected chi connectivity index (χ0v) is 11.1. The monoisotopic (exact) mass is 297 g/mol. The number of alkyl halides is 3. The molecule has 5 nitrogen and oxygen atoms in total. The fourth-order valence-corrected chi connectivity index (χ4v) is 2.53. The van der Waals surface area contributed by atoms with Gasteiger partial charge in [0.15, 0.2) is 0 Å². The molecule has 21 heavy (non-hydrogen) atoms. The number of aromatic amines is 1. The average molecular weight is 297 g/mol. The fraction of sp³-hybridized carbons (Fsp3) is 0.385. The molecule has 0 aromatic carbocycles. The zero-order chi connectivity index (χ0) is 15.0. The van der Waals surface area contributed by atoms with Crippen LogP contribution in [-0.2, 0) is 6.18 Å². The van der Waals surface area contributed by atoms with Crippen molar-refractivity contribution in [3.05, 3.63) is 35.7 Å². The first-order valence-electron chi connectivity index (χ1n) is 6.52. The molecule has 0 amide bonds. The van der Waals surface area contributed by atoms with E-state index in [4.69, 9.17) is 5.73 Å². The summed E-state index contributed by atoms with van der Waals surface area (Å²) in [6.45, 7) is 1.42. The third-order valence-electron chi connectivity index (χ3n) is 3.64. The van der Waals surface area contributed by atoms with Crippen LogP contribution in [0.3, 0.4) is 0 Å². The lowest BCUT2D eigenvalue weighted by Crippen LogP contribution is -2.20. The van der Waals surface area contributed by atoms with E-state index in [0.717, 1.165) is 30.9 Å². The first-order chi connectivity index (χ1) is 9.93. The number of aromatic nitrogens is 3. The third kappa shape index (κ3) is 2.79. The summed E-state index contributed by atoms with van der Waals surface area (Å²) in [6, 6.07) is 4.25. The van der Waals surface area contributed by atoms with E-state index in [1.54, 1.807) is 6.07 Å². The minimum absolute atomic E-state index is 0.235. The summed E-state index contributed by atoms with van der Waals surface area (Å²) in [5, 5.41) is 6.77. The van der Waals surface area contributed by atoms with Crippen molar-refractivity contribution < 1.29 is 13.2 Å². The van der Waals surface area contributed by atoms with Crippen LogP contribution in [0.2, 0.25) is 0 Å². The first-order valence-corrected chi connectivity index (χ1v) is 6.52. The van der Waals surface area contributed by atoms with Crippen LogP contribution in [0.25, 0.3) is 0 Å². The lowest BCUT2D eigenvalue weighted by Gasteiger charge is -2.17. The molecule has 1 saturated heterocycles. The number of hydrogen-bond donors (Lipinski definition) is 2. The Morgan fingerprint density at radius 1 is 1.33 bits per heavy atom. The van der Waals surface area contributed by atoms with Gasteiger partial charge in [-0.1, -0.05) is 0 Å². The maximum atomic E-state index is 12.5. The summed E-state index contributed by atoms with van der Waals surface area (Å²) in [7, 11) is 0. The number of nitrogen functional groups attached to an aromatic ring is 1. The Labute approximate surface area is 119 Å². The summed E-state index contributed by atoms with van der Waals surface area (Å²) in [4.78, 5) is 5.88. The number of pyridine rings is 1. The quantitative estimate of drug-likeness (QED) is 0.893. The van der Waals surface area contributed by atoms with Crippen LogP contribution in [0.4, 0.5) is 24.8 Å². The summed E-state index contributed by atoms with van der Waals surface area (Å²) in [5.74, 6) is 1.23. The van der Waals surface area contributed by atoms with Gasteiger partial charge in [0.05, 0.1) is 5.56 Å². The molecule has 3 N–H and O–H groups in total. The second-order valence-electron chi connectivity index (χ2n) is 5.08. The van der Waals surface area contributed by atoms with Crippen molar-refractivity contribution in [2.45, 2.75) is 18.5 Å². The highest BCUT2D eigenvalue weighted by atomic mass is 19.4. The van der Waals surface area contributed by atoms with Crippen LogP contribution < -0.4 is 10.6 Å². The predicted octanol–water partition coefficient (Wildman–Crippen LogP) is 2.40. The summed E-state index contributed by atoms with van der Waals surface area (Å²) >= 11 is 0. The van der Waals surface area contributed by atoms with Crippen molar-refractivity contribution in [3.63, 3.8) is 0 Å². The number of anilines is 2. The number of rotatable bonds is 2. The number of nitrogens with zero attached hydrogens (tertiary/aromatic N) is 3. The molecule has 112 valence electrons. The molecule has 0 spiro atoms. The van der Waals surface area contributed by atoms with E-state index in [9.17, 15) is 13.2 Å². The average Bonchev–Trinajstić information content (AvgIpc) is 3.06. The molecular formula is C13H14F3N5. The normalized spacial score (nSPS) is 19.2. The van der Waals surface area contributed by atoms with E-state index < -0.39 is 11.7 Å². The maximum absolute atomic E-state index is 12.5. The smallest absolute Gasteiger partial charge is 0.382 e. The Morgan fingerprint density at radius 3 is 2.71 bits per heavy atom. The summed E-state index contributed by atoms with van der Waals surface area (Å²) in [6.07, 6.45) is -2.60. The SMILES string of the molecule is Nc1cc(C2CCN(c3ccc(C(F)(F)F)cn3)C2)[nH]n1. The molecule has 0 bridgehead atoms. The molecule has 0 aliphatic carbocycles. The van der Waals surface area contributed by atoms with Gasteiger partial charge < -0.3 is 10.6 Å². The molecular weight excluding hydrogens is 283 g/mol. The highest BCUT2D eigenvalue weighted by molar-refractivity contribution is 5.43. The van der Waals surface area contributed by atoms with Crippen LogP contribution in [-0.4, -0.2) is 28.3 Å². The second-order valence-corrected chi connectivity index (χ2v) is 5.08. The topological polar surface area (TPSA) is 70.8 Å². The Hall–Kier alpha value is -2.25. The van der Waals surface area contributed by atoms with Crippen LogP contribution in [0.15, 0.2) is 24.4 Å². The van der Waals surface area contributed by atoms with E-state index in [2.05, 4.69) is 15.2 Å². The van der Waals surface area contributed by atoms with Crippen molar-refractivity contribution in [2.24, 2.45) is 0 Å². The molecule has 2 aromatic rings. The number of nitrogens with one attached hydrogen (secondary N) is 1. The fourth-order valence-electron chi connectivity index (χ4n) is 2.53. The van der Waals surface area contributed by atoms with Crippen molar-refractivity contribution in [1.82, 2.24) is 15.2 Å². The Bertz CT molecular complexity index is 619. The zero-order valence-electron chi connectivity index (χ0n) is 11.1. The Balaban J connectivity index is 1.71. The van der Waals surface area contributed by atoms with E-state index >= 15 is 0 Å². The van der Waals surface area contributed by atoms with Crippen LogP contribution >= 0.6 is 0 Å². The van der Waals surface area contributed by atoms with Crippen LogP contribution in [0.1, 0.15) is 23.6 Å². The molecule has 1 atom stereocenters. The molecule has 2 aromatic heterocycles. The predicted molar refractivity (Wildman–Crippen MR) is 71.8 cm³/mol. The van der Waals surface area contributed by atoms with Gasteiger partial charge in [-0.05, 0) is 18.6 Å². The molecule has 0 saturated carbocycles. The van der Waals surface area contributed by atoms with Gasteiger partial charge in [0, 0.05) is 37.0 Å². The number of hydrogen-bond acceptors (Lipinski definition) is 4. The van der Waals surface area contributed by atoms with Crippen LogP contribution in [0, 0.1) is 0 Å². The Morgan fingerprint density at radius 2 is 2.14 bits per heavy atom. The third-order valence-corrected chi connectivity index (χ3v) is 3.64. The van der Waals surface area contributed by atoms with Gasteiger partial charge in [-0.25, -0.2) is 4.98 Å². The molecule has 1 aliphatic rings. The molecule has 8 heteroatoms. The molecule has 1 unspecified atom stereocenters. The van der Waals surface area contributed by atoms with Crippen molar-refractivity contribution >= 4 is 11.6 Å². The van der Waals surface area contributed by atoms with Crippen LogP contribution in [0.5, 0.6) is 0 Å². The van der Waals surface area contributed by atoms with Gasteiger partial charge >= 0.3 is 6.18 Å².